The van der Waals surface area contributed by atoms with Crippen molar-refractivity contribution in [2.45, 2.75) is 25.2 Å². The quantitative estimate of drug-likeness (QED) is 0.789. The van der Waals surface area contributed by atoms with E-state index in [1.165, 1.54) is 0 Å². The Labute approximate surface area is 131 Å². The average Bonchev–Trinajstić information content (AvgIpc) is 2.41. The standard InChI is InChI=1S/C15H16BrNO2S/c16-11-4-2-10(3-5-11)13-14(19)17-12(18)8-15(13)6-1-7-20-9-15/h2-5,13H,1,6-9H2,(H,17,18,19). The summed E-state index contributed by atoms with van der Waals surface area (Å²) in [6, 6.07) is 7.90. The van der Waals surface area contributed by atoms with Gasteiger partial charge in [0.25, 0.3) is 0 Å². The van der Waals surface area contributed by atoms with Gasteiger partial charge in [0, 0.05) is 22.1 Å². The molecule has 0 bridgehead atoms. The number of imide groups is 1. The van der Waals surface area contributed by atoms with Crippen molar-refractivity contribution in [1.29, 1.82) is 0 Å². The Morgan fingerprint density at radius 1 is 1.25 bits per heavy atom. The van der Waals surface area contributed by atoms with Crippen molar-refractivity contribution in [2.75, 3.05) is 11.5 Å². The zero-order valence-electron chi connectivity index (χ0n) is 11.0. The second-order valence-electron chi connectivity index (χ2n) is 5.59. The first-order chi connectivity index (χ1) is 9.61. The second-order valence-corrected chi connectivity index (χ2v) is 7.61. The highest BCUT2D eigenvalue weighted by atomic mass is 79.9. The van der Waals surface area contributed by atoms with Gasteiger partial charge in [0.05, 0.1) is 5.92 Å². The van der Waals surface area contributed by atoms with Gasteiger partial charge in [-0.25, -0.2) is 0 Å². The molecule has 2 saturated heterocycles. The summed E-state index contributed by atoms with van der Waals surface area (Å²) < 4.78 is 1.00. The molecular weight excluding hydrogens is 338 g/mol. The summed E-state index contributed by atoms with van der Waals surface area (Å²) in [5.74, 6) is 1.57. The van der Waals surface area contributed by atoms with Crippen molar-refractivity contribution >= 4 is 39.5 Å². The Morgan fingerprint density at radius 3 is 2.65 bits per heavy atom. The Kier molecular flexibility index (Phi) is 3.91. The van der Waals surface area contributed by atoms with Crippen molar-refractivity contribution < 1.29 is 9.59 Å². The molecule has 2 heterocycles. The monoisotopic (exact) mass is 353 g/mol. The molecule has 3 nitrogen and oxygen atoms in total. The SMILES string of the molecule is O=C1CC2(CCCSC2)C(c2ccc(Br)cc2)C(=O)N1. The molecule has 5 heteroatoms. The molecule has 2 aliphatic heterocycles. The van der Waals surface area contributed by atoms with Crippen molar-refractivity contribution in [3.63, 3.8) is 0 Å². The maximum atomic E-state index is 12.4. The van der Waals surface area contributed by atoms with E-state index >= 15 is 0 Å². The average molecular weight is 354 g/mol. The number of nitrogens with one attached hydrogen (secondary N) is 1. The Morgan fingerprint density at radius 2 is 2.00 bits per heavy atom. The third kappa shape index (κ3) is 2.53. The van der Waals surface area contributed by atoms with Crippen LogP contribution in [0.1, 0.15) is 30.7 Å². The maximum absolute atomic E-state index is 12.4. The minimum Gasteiger partial charge on any atom is -0.296 e. The van der Waals surface area contributed by atoms with Gasteiger partial charge in [-0.2, -0.15) is 11.8 Å². The molecule has 1 aromatic rings. The number of piperidine rings is 1. The number of hydrogen-bond acceptors (Lipinski definition) is 3. The van der Waals surface area contributed by atoms with Gasteiger partial charge in [-0.1, -0.05) is 28.1 Å². The summed E-state index contributed by atoms with van der Waals surface area (Å²) in [5, 5.41) is 2.52. The number of carbonyl (C=O) groups excluding carboxylic acids is 2. The predicted molar refractivity (Wildman–Crippen MR) is 83.6 cm³/mol. The van der Waals surface area contributed by atoms with E-state index in [-0.39, 0.29) is 23.1 Å². The molecule has 2 unspecified atom stereocenters. The number of thioether (sulfide) groups is 1. The Bertz CT molecular complexity index is 537. The van der Waals surface area contributed by atoms with E-state index in [2.05, 4.69) is 21.2 Å². The van der Waals surface area contributed by atoms with Crippen LogP contribution < -0.4 is 5.32 Å². The minimum absolute atomic E-state index is 0.120. The second kappa shape index (κ2) is 5.53. The van der Waals surface area contributed by atoms with E-state index in [1.807, 2.05) is 36.0 Å². The number of carbonyl (C=O) groups is 2. The lowest BCUT2D eigenvalue weighted by Gasteiger charge is -2.45. The molecule has 1 spiro atoms. The van der Waals surface area contributed by atoms with Crippen LogP contribution in [0.5, 0.6) is 0 Å². The highest BCUT2D eigenvalue weighted by Gasteiger charge is 2.49. The fraction of sp³-hybridized carbons (Fsp3) is 0.467. The molecule has 3 rings (SSSR count). The third-order valence-electron chi connectivity index (χ3n) is 4.21. The van der Waals surface area contributed by atoms with Crippen LogP contribution in [-0.2, 0) is 9.59 Å². The lowest BCUT2D eigenvalue weighted by atomic mass is 9.66. The summed E-state index contributed by atoms with van der Waals surface area (Å²) in [6.07, 6.45) is 2.50. The number of amides is 2. The van der Waals surface area contributed by atoms with Gasteiger partial charge in [-0.3, -0.25) is 14.9 Å². The summed E-state index contributed by atoms with van der Waals surface area (Å²) in [4.78, 5) is 24.2. The fourth-order valence-corrected chi connectivity index (χ4v) is 4.93. The van der Waals surface area contributed by atoms with Crippen LogP contribution in [0.4, 0.5) is 0 Å². The summed E-state index contributed by atoms with van der Waals surface area (Å²) in [5.41, 5.74) is 0.816. The first-order valence-electron chi connectivity index (χ1n) is 6.78. The van der Waals surface area contributed by atoms with Gasteiger partial charge < -0.3 is 0 Å². The van der Waals surface area contributed by atoms with Gasteiger partial charge in [0.15, 0.2) is 0 Å². The Balaban J connectivity index is 2.01. The van der Waals surface area contributed by atoms with Crippen LogP contribution in [0.25, 0.3) is 0 Å². The van der Waals surface area contributed by atoms with Crippen LogP contribution in [0, 0.1) is 5.41 Å². The molecule has 1 N–H and O–H groups in total. The molecule has 106 valence electrons. The van der Waals surface area contributed by atoms with E-state index < -0.39 is 0 Å². The first-order valence-corrected chi connectivity index (χ1v) is 8.72. The number of hydrogen-bond donors (Lipinski definition) is 1. The van der Waals surface area contributed by atoms with E-state index in [0.29, 0.717) is 6.42 Å². The first kappa shape index (κ1) is 14.1. The van der Waals surface area contributed by atoms with Crippen molar-refractivity contribution in [3.8, 4) is 0 Å². The third-order valence-corrected chi connectivity index (χ3v) is 6.09. The summed E-state index contributed by atoms with van der Waals surface area (Å²) in [7, 11) is 0. The molecule has 0 radical (unpaired) electrons. The van der Waals surface area contributed by atoms with Crippen LogP contribution in [0.3, 0.4) is 0 Å². The van der Waals surface area contributed by atoms with Gasteiger partial charge in [0.2, 0.25) is 11.8 Å². The largest absolute Gasteiger partial charge is 0.296 e. The van der Waals surface area contributed by atoms with Gasteiger partial charge in [-0.05, 0) is 36.3 Å². The molecule has 2 fully saturated rings. The zero-order valence-corrected chi connectivity index (χ0v) is 13.4. The molecule has 0 saturated carbocycles. The van der Waals surface area contributed by atoms with E-state index in [0.717, 1.165) is 34.4 Å². The normalized spacial score (nSPS) is 30.4. The number of halogens is 1. The molecule has 2 aliphatic rings. The fourth-order valence-electron chi connectivity index (χ4n) is 3.35. The lowest BCUT2D eigenvalue weighted by Crippen LogP contribution is -2.52. The maximum Gasteiger partial charge on any atom is 0.234 e. The molecule has 20 heavy (non-hydrogen) atoms. The molecule has 2 amide bonds. The smallest absolute Gasteiger partial charge is 0.234 e. The van der Waals surface area contributed by atoms with Crippen molar-refractivity contribution in [1.82, 2.24) is 5.32 Å². The van der Waals surface area contributed by atoms with Crippen LogP contribution in [0.2, 0.25) is 0 Å². The number of rotatable bonds is 1. The van der Waals surface area contributed by atoms with Crippen molar-refractivity contribution in [2.24, 2.45) is 5.41 Å². The summed E-state index contributed by atoms with van der Waals surface area (Å²) in [6.45, 7) is 0. The van der Waals surface area contributed by atoms with Crippen LogP contribution in [0.15, 0.2) is 28.7 Å². The van der Waals surface area contributed by atoms with E-state index in [1.54, 1.807) is 0 Å². The van der Waals surface area contributed by atoms with E-state index in [9.17, 15) is 9.59 Å². The van der Waals surface area contributed by atoms with E-state index in [4.69, 9.17) is 0 Å². The minimum atomic E-state index is -0.207. The highest BCUT2D eigenvalue weighted by molar-refractivity contribution is 9.10. The molecule has 0 aromatic heterocycles. The predicted octanol–water partition coefficient (Wildman–Crippen LogP) is 3.09. The topological polar surface area (TPSA) is 46.2 Å². The highest BCUT2D eigenvalue weighted by Crippen LogP contribution is 2.50. The molecule has 2 atom stereocenters. The van der Waals surface area contributed by atoms with Crippen molar-refractivity contribution in [3.05, 3.63) is 34.3 Å². The zero-order chi connectivity index (χ0) is 14.2. The van der Waals surface area contributed by atoms with Crippen LogP contribution in [-0.4, -0.2) is 23.3 Å². The lowest BCUT2D eigenvalue weighted by molar-refractivity contribution is -0.139. The number of benzene rings is 1. The molecule has 0 aliphatic carbocycles. The van der Waals surface area contributed by atoms with Gasteiger partial charge >= 0.3 is 0 Å². The molecular formula is C15H16BrNO2S. The van der Waals surface area contributed by atoms with Gasteiger partial charge in [-0.15, -0.1) is 0 Å². The molecule has 1 aromatic carbocycles. The van der Waals surface area contributed by atoms with Crippen LogP contribution >= 0.6 is 27.7 Å². The summed E-state index contributed by atoms with van der Waals surface area (Å²) >= 11 is 5.29. The van der Waals surface area contributed by atoms with Gasteiger partial charge in [0.1, 0.15) is 0 Å². The Hall–Kier alpha value is -0.810.